The van der Waals surface area contributed by atoms with Gasteiger partial charge in [0, 0.05) is 5.38 Å². The van der Waals surface area contributed by atoms with Crippen molar-refractivity contribution in [1.29, 1.82) is 0 Å². The molecule has 0 amide bonds. The van der Waals surface area contributed by atoms with Crippen molar-refractivity contribution in [2.24, 2.45) is 0 Å². The quantitative estimate of drug-likeness (QED) is 0.948. The fourth-order valence-corrected chi connectivity index (χ4v) is 3.74. The third-order valence-electron chi connectivity index (χ3n) is 2.02. The third kappa shape index (κ3) is 2.80. The monoisotopic (exact) mass is 306 g/mol. The number of nitrogens with zero attached hydrogens (tertiary/aromatic N) is 1. The van der Waals surface area contributed by atoms with Crippen LogP contribution in [0.3, 0.4) is 0 Å². The van der Waals surface area contributed by atoms with E-state index in [9.17, 15) is 12.8 Å². The highest BCUT2D eigenvalue weighted by Gasteiger charge is 2.19. The number of thiazole rings is 1. The number of nitrogens with one attached hydrogen (secondary N) is 1. The molecule has 0 unspecified atom stereocenters. The first-order valence-corrected chi connectivity index (χ1v) is 7.52. The maximum absolute atomic E-state index is 12.9. The van der Waals surface area contributed by atoms with E-state index in [1.54, 1.807) is 12.3 Å². The smallest absolute Gasteiger partial charge is 0.255 e. The van der Waals surface area contributed by atoms with Crippen molar-refractivity contribution in [3.63, 3.8) is 0 Å². The Morgan fingerprint density at radius 3 is 2.72 bits per heavy atom. The molecule has 0 aliphatic heterocycles. The Bertz CT molecular complexity index is 685. The van der Waals surface area contributed by atoms with Gasteiger partial charge in [-0.1, -0.05) is 11.6 Å². The minimum atomic E-state index is -3.85. The largest absolute Gasteiger partial charge is 0.265 e. The van der Waals surface area contributed by atoms with Gasteiger partial charge in [-0.25, -0.2) is 17.8 Å². The van der Waals surface area contributed by atoms with E-state index < -0.39 is 15.8 Å². The maximum atomic E-state index is 12.9. The lowest BCUT2D eigenvalue weighted by atomic mass is 10.3. The molecule has 0 aliphatic carbocycles. The highest BCUT2D eigenvalue weighted by atomic mass is 35.5. The summed E-state index contributed by atoms with van der Waals surface area (Å²) in [7, 11) is -3.85. The van der Waals surface area contributed by atoms with Gasteiger partial charge in [0.1, 0.15) is 10.7 Å². The number of benzene rings is 1. The van der Waals surface area contributed by atoms with Crippen molar-refractivity contribution in [3.8, 4) is 0 Å². The molecule has 96 valence electrons. The van der Waals surface area contributed by atoms with E-state index >= 15 is 0 Å². The van der Waals surface area contributed by atoms with Crippen molar-refractivity contribution in [1.82, 2.24) is 4.98 Å². The molecule has 0 bridgehead atoms. The number of hydrogen-bond donors (Lipinski definition) is 1. The summed E-state index contributed by atoms with van der Waals surface area (Å²) in [5.74, 6) is -0.593. The summed E-state index contributed by atoms with van der Waals surface area (Å²) in [5, 5.41) is 1.79. The summed E-state index contributed by atoms with van der Waals surface area (Å²) >= 11 is 6.87. The minimum Gasteiger partial charge on any atom is -0.255 e. The summed E-state index contributed by atoms with van der Waals surface area (Å²) in [4.78, 5) is 3.80. The van der Waals surface area contributed by atoms with Crippen molar-refractivity contribution in [2.75, 3.05) is 4.72 Å². The van der Waals surface area contributed by atoms with Crippen LogP contribution in [-0.4, -0.2) is 13.4 Å². The van der Waals surface area contributed by atoms with E-state index in [0.717, 1.165) is 29.5 Å². The van der Waals surface area contributed by atoms with Crippen LogP contribution in [0.2, 0.25) is 5.02 Å². The molecule has 1 aromatic heterocycles. The number of rotatable bonds is 3. The number of halogens is 2. The molecule has 18 heavy (non-hydrogen) atoms. The first-order chi connectivity index (χ1) is 8.38. The molecule has 0 spiro atoms. The van der Waals surface area contributed by atoms with E-state index in [4.69, 9.17) is 11.6 Å². The van der Waals surface area contributed by atoms with Crippen LogP contribution in [0.4, 0.5) is 9.52 Å². The Labute approximate surface area is 112 Å². The van der Waals surface area contributed by atoms with Gasteiger partial charge >= 0.3 is 0 Å². The molecule has 0 saturated carbocycles. The van der Waals surface area contributed by atoms with Gasteiger partial charge in [-0.05, 0) is 25.1 Å². The lowest BCUT2D eigenvalue weighted by molar-refractivity contribution is 0.599. The van der Waals surface area contributed by atoms with Crippen LogP contribution in [-0.2, 0) is 10.0 Å². The summed E-state index contributed by atoms with van der Waals surface area (Å²) in [6, 6.07) is 3.09. The van der Waals surface area contributed by atoms with E-state index in [-0.39, 0.29) is 15.0 Å². The Kier molecular flexibility index (Phi) is 3.56. The Hall–Kier alpha value is -1.18. The average molecular weight is 307 g/mol. The molecule has 0 radical (unpaired) electrons. The summed E-state index contributed by atoms with van der Waals surface area (Å²) in [5.41, 5.74) is 0.711. The molecule has 0 fully saturated rings. The molecule has 1 heterocycles. The summed E-state index contributed by atoms with van der Waals surface area (Å²) in [6.07, 6.45) is 0. The first kappa shape index (κ1) is 13.3. The van der Waals surface area contributed by atoms with Crippen molar-refractivity contribution in [3.05, 3.63) is 40.1 Å². The molecular formula is C10H8ClFN2O2S2. The van der Waals surface area contributed by atoms with Crippen LogP contribution in [0.5, 0.6) is 0 Å². The van der Waals surface area contributed by atoms with Gasteiger partial charge in [0.05, 0.1) is 10.7 Å². The number of aryl methyl sites for hydroxylation is 1. The van der Waals surface area contributed by atoms with Crippen LogP contribution in [0.1, 0.15) is 5.69 Å². The van der Waals surface area contributed by atoms with Crippen LogP contribution in [0, 0.1) is 12.7 Å². The molecular weight excluding hydrogens is 299 g/mol. The number of anilines is 1. The Morgan fingerprint density at radius 2 is 2.17 bits per heavy atom. The normalized spacial score (nSPS) is 11.5. The molecule has 2 aromatic rings. The molecule has 0 saturated heterocycles. The lowest BCUT2D eigenvalue weighted by Crippen LogP contribution is -2.13. The third-order valence-corrected chi connectivity index (χ3v) is 4.85. The highest BCUT2D eigenvalue weighted by Crippen LogP contribution is 2.25. The predicted molar refractivity (Wildman–Crippen MR) is 69.1 cm³/mol. The fourth-order valence-electron chi connectivity index (χ4n) is 1.26. The Balaban J connectivity index is 2.36. The first-order valence-electron chi connectivity index (χ1n) is 4.78. The SMILES string of the molecule is Cc1csc(NS(=O)(=O)c2ccc(F)cc2Cl)n1. The molecule has 2 rings (SSSR count). The predicted octanol–water partition coefficient (Wildman–Crippen LogP) is 3.04. The second-order valence-corrected chi connectivity index (χ2v) is 6.39. The van der Waals surface area contributed by atoms with Gasteiger partial charge in [-0.2, -0.15) is 0 Å². The maximum Gasteiger partial charge on any atom is 0.265 e. The van der Waals surface area contributed by atoms with E-state index in [1.807, 2.05) is 0 Å². The van der Waals surface area contributed by atoms with Gasteiger partial charge in [0.2, 0.25) is 0 Å². The van der Waals surface area contributed by atoms with Crippen LogP contribution < -0.4 is 4.72 Å². The second-order valence-electron chi connectivity index (χ2n) is 3.47. The molecule has 0 aliphatic rings. The minimum absolute atomic E-state index is 0.171. The van der Waals surface area contributed by atoms with Gasteiger partial charge in [-0.15, -0.1) is 11.3 Å². The number of aromatic nitrogens is 1. The molecule has 0 atom stereocenters. The van der Waals surface area contributed by atoms with Gasteiger partial charge in [0.25, 0.3) is 10.0 Å². The zero-order chi connectivity index (χ0) is 13.3. The van der Waals surface area contributed by atoms with Gasteiger partial charge < -0.3 is 0 Å². The second kappa shape index (κ2) is 4.83. The van der Waals surface area contributed by atoms with Crippen LogP contribution >= 0.6 is 22.9 Å². The van der Waals surface area contributed by atoms with Gasteiger partial charge in [-0.3, -0.25) is 4.72 Å². The van der Waals surface area contributed by atoms with Crippen molar-refractivity contribution in [2.45, 2.75) is 11.8 Å². The summed E-state index contributed by atoms with van der Waals surface area (Å²) in [6.45, 7) is 1.75. The Morgan fingerprint density at radius 1 is 1.44 bits per heavy atom. The fraction of sp³-hybridized carbons (Fsp3) is 0.100. The number of sulfonamides is 1. The van der Waals surface area contributed by atoms with Gasteiger partial charge in [0.15, 0.2) is 5.13 Å². The molecule has 8 heteroatoms. The van der Waals surface area contributed by atoms with Crippen LogP contribution in [0.25, 0.3) is 0 Å². The zero-order valence-corrected chi connectivity index (χ0v) is 11.5. The highest BCUT2D eigenvalue weighted by molar-refractivity contribution is 7.93. The topological polar surface area (TPSA) is 59.1 Å². The van der Waals surface area contributed by atoms with E-state index in [1.165, 1.54) is 0 Å². The van der Waals surface area contributed by atoms with Crippen molar-refractivity contribution < 1.29 is 12.8 Å². The molecule has 1 aromatic carbocycles. The van der Waals surface area contributed by atoms with E-state index in [2.05, 4.69) is 9.71 Å². The standard InChI is InChI=1S/C10H8ClFN2O2S2/c1-6-5-17-10(13-6)14-18(15,16)9-3-2-7(12)4-8(9)11/h2-5H,1H3,(H,13,14). The summed E-state index contributed by atoms with van der Waals surface area (Å²) < 4.78 is 39.1. The van der Waals surface area contributed by atoms with Crippen LogP contribution in [0.15, 0.2) is 28.5 Å². The zero-order valence-electron chi connectivity index (χ0n) is 9.15. The van der Waals surface area contributed by atoms with Crippen molar-refractivity contribution >= 4 is 38.1 Å². The number of hydrogen-bond acceptors (Lipinski definition) is 4. The van der Waals surface area contributed by atoms with E-state index in [0.29, 0.717) is 5.69 Å². The molecule has 4 nitrogen and oxygen atoms in total. The lowest BCUT2D eigenvalue weighted by Gasteiger charge is -2.06. The average Bonchev–Trinajstić information content (AvgIpc) is 2.62. The molecule has 1 N–H and O–H groups in total.